The zero-order valence-electron chi connectivity index (χ0n) is 26.3. The van der Waals surface area contributed by atoms with E-state index >= 15 is 0 Å². The van der Waals surface area contributed by atoms with Crippen molar-refractivity contribution in [2.45, 2.75) is 33.7 Å². The van der Waals surface area contributed by atoms with Crippen molar-refractivity contribution in [2.24, 2.45) is 4.99 Å². The van der Waals surface area contributed by atoms with Crippen molar-refractivity contribution in [3.8, 4) is 5.69 Å². The molecule has 0 N–H and O–H groups in total. The maximum absolute atomic E-state index is 14.2. The van der Waals surface area contributed by atoms with E-state index in [1.165, 1.54) is 28.0 Å². The van der Waals surface area contributed by atoms with E-state index in [9.17, 15) is 18.8 Å². The summed E-state index contributed by atoms with van der Waals surface area (Å²) in [4.78, 5) is 45.3. The first kappa shape index (κ1) is 31.6. The molecule has 0 fully saturated rings. The molecular formula is C37H32FN3O5S. The molecule has 0 bridgehead atoms. The minimum absolute atomic E-state index is 0.131. The summed E-state index contributed by atoms with van der Waals surface area (Å²) in [7, 11) is 0. The van der Waals surface area contributed by atoms with Gasteiger partial charge in [-0.05, 0) is 87.4 Å². The molecule has 2 aromatic heterocycles. The van der Waals surface area contributed by atoms with Gasteiger partial charge < -0.3 is 14.0 Å². The van der Waals surface area contributed by atoms with Gasteiger partial charge in [-0.15, -0.1) is 0 Å². The molecule has 0 radical (unpaired) electrons. The summed E-state index contributed by atoms with van der Waals surface area (Å²) >= 11 is 1.22. The van der Waals surface area contributed by atoms with E-state index in [1.807, 2.05) is 73.0 Å². The van der Waals surface area contributed by atoms with Crippen LogP contribution in [0.5, 0.6) is 0 Å². The number of halogens is 1. The van der Waals surface area contributed by atoms with Crippen LogP contribution in [0.3, 0.4) is 0 Å². The SMILES string of the molecule is CCOC(=O)C1=C(c2ccccc2)N=c2s/c(=C\c3cc(C)n(-c4ccc(C(=O)OCC)cc4)c3C)c(=O)n2[C@@H]1c1ccc(F)cc1. The Morgan fingerprint density at radius 3 is 2.23 bits per heavy atom. The van der Waals surface area contributed by atoms with E-state index in [0.717, 1.165) is 22.6 Å². The van der Waals surface area contributed by atoms with Crippen molar-refractivity contribution in [2.75, 3.05) is 13.2 Å². The van der Waals surface area contributed by atoms with Crippen LogP contribution in [0, 0.1) is 19.7 Å². The molecule has 1 aliphatic heterocycles. The van der Waals surface area contributed by atoms with E-state index < -0.39 is 17.8 Å². The third-order valence-electron chi connectivity index (χ3n) is 7.95. The number of rotatable bonds is 8. The standard InChI is InChI=1S/C37H32FN3O5S/c1-5-45-35(43)26-14-18-29(19-15-26)40-22(3)20-27(23(40)4)21-30-34(42)41-33(25-12-16-28(38)17-13-25)31(36(44)46-6-2)32(39-37(41)47-30)24-10-8-7-9-11-24/h7-21,33H,5-6H2,1-4H3/b30-21-/t33-/m1/s1. The number of nitrogens with zero attached hydrogens (tertiary/aromatic N) is 3. The molecule has 47 heavy (non-hydrogen) atoms. The van der Waals surface area contributed by atoms with Crippen LogP contribution in [-0.2, 0) is 14.3 Å². The number of hydrogen-bond acceptors (Lipinski definition) is 7. The molecule has 238 valence electrons. The van der Waals surface area contributed by atoms with Crippen molar-refractivity contribution in [1.29, 1.82) is 0 Å². The highest BCUT2D eigenvalue weighted by molar-refractivity contribution is 7.07. The Labute approximate surface area is 274 Å². The topological polar surface area (TPSA) is 91.9 Å². The van der Waals surface area contributed by atoms with Gasteiger partial charge >= 0.3 is 11.9 Å². The van der Waals surface area contributed by atoms with E-state index in [1.54, 1.807) is 38.1 Å². The van der Waals surface area contributed by atoms with Crippen molar-refractivity contribution >= 4 is 35.0 Å². The van der Waals surface area contributed by atoms with Crippen LogP contribution in [0.4, 0.5) is 4.39 Å². The second kappa shape index (κ2) is 13.2. The number of benzene rings is 3. The van der Waals surface area contributed by atoms with Gasteiger partial charge in [0.25, 0.3) is 5.56 Å². The fraction of sp³-hybridized carbons (Fsp3) is 0.189. The molecule has 0 saturated carbocycles. The minimum atomic E-state index is -0.895. The van der Waals surface area contributed by atoms with Crippen LogP contribution in [-0.4, -0.2) is 34.3 Å². The summed E-state index contributed by atoms with van der Waals surface area (Å²) in [5.41, 5.74) is 5.49. The molecule has 6 rings (SSSR count). The highest BCUT2D eigenvalue weighted by Gasteiger charge is 2.35. The average molecular weight is 650 g/mol. The first-order chi connectivity index (χ1) is 22.7. The molecule has 0 unspecified atom stereocenters. The lowest BCUT2D eigenvalue weighted by Gasteiger charge is -2.25. The second-order valence-corrected chi connectivity index (χ2v) is 11.9. The van der Waals surface area contributed by atoms with Gasteiger partial charge in [0.2, 0.25) is 0 Å². The third-order valence-corrected chi connectivity index (χ3v) is 8.94. The average Bonchev–Trinajstić information content (AvgIpc) is 3.54. The molecule has 8 nitrogen and oxygen atoms in total. The number of carbonyl (C=O) groups excluding carboxylic acids is 2. The van der Waals surface area contributed by atoms with Crippen molar-refractivity contribution in [3.05, 3.63) is 150 Å². The zero-order chi connectivity index (χ0) is 33.2. The van der Waals surface area contributed by atoms with E-state index in [2.05, 4.69) is 0 Å². The maximum Gasteiger partial charge on any atom is 0.338 e. The molecule has 0 aliphatic carbocycles. The summed E-state index contributed by atoms with van der Waals surface area (Å²) < 4.78 is 28.6. The molecule has 3 aromatic carbocycles. The Kier molecular flexibility index (Phi) is 8.86. The molecule has 5 aromatic rings. The van der Waals surface area contributed by atoms with E-state index in [0.29, 0.717) is 38.3 Å². The number of aromatic nitrogens is 2. The minimum Gasteiger partial charge on any atom is -0.463 e. The molecule has 1 atom stereocenters. The van der Waals surface area contributed by atoms with Crippen LogP contribution in [0.1, 0.15) is 58.3 Å². The third kappa shape index (κ3) is 5.99. The molecule has 3 heterocycles. The van der Waals surface area contributed by atoms with Crippen molar-refractivity contribution in [3.63, 3.8) is 0 Å². The molecule has 0 amide bonds. The highest BCUT2D eigenvalue weighted by atomic mass is 32.1. The lowest BCUT2D eigenvalue weighted by atomic mass is 9.93. The van der Waals surface area contributed by atoms with Crippen LogP contribution in [0.15, 0.2) is 100 Å². The molecule has 1 aliphatic rings. The number of carbonyl (C=O) groups is 2. The van der Waals surface area contributed by atoms with Crippen LogP contribution in [0.25, 0.3) is 17.5 Å². The predicted molar refractivity (Wildman–Crippen MR) is 179 cm³/mol. The maximum atomic E-state index is 14.2. The monoisotopic (exact) mass is 649 g/mol. The smallest absolute Gasteiger partial charge is 0.338 e. The normalized spacial score (nSPS) is 14.5. The van der Waals surface area contributed by atoms with Gasteiger partial charge in [0.1, 0.15) is 5.82 Å². The summed E-state index contributed by atoms with van der Waals surface area (Å²) in [6.07, 6.45) is 1.83. The number of hydrogen-bond donors (Lipinski definition) is 0. The van der Waals surface area contributed by atoms with Crippen LogP contribution >= 0.6 is 11.3 Å². The van der Waals surface area contributed by atoms with Gasteiger partial charge in [-0.3, -0.25) is 9.36 Å². The first-order valence-electron chi connectivity index (χ1n) is 15.2. The van der Waals surface area contributed by atoms with E-state index in [4.69, 9.17) is 14.5 Å². The zero-order valence-corrected chi connectivity index (χ0v) is 27.1. The van der Waals surface area contributed by atoms with Crippen molar-refractivity contribution in [1.82, 2.24) is 9.13 Å². The summed E-state index contributed by atoms with van der Waals surface area (Å²) in [5, 5.41) is 0. The van der Waals surface area contributed by atoms with E-state index in [-0.39, 0.29) is 23.7 Å². The number of thiazole rings is 1. The Bertz CT molecular complexity index is 2200. The van der Waals surface area contributed by atoms with Gasteiger partial charge in [0, 0.05) is 22.6 Å². The molecule has 0 spiro atoms. The lowest BCUT2D eigenvalue weighted by Crippen LogP contribution is -2.40. The quantitative estimate of drug-likeness (QED) is 0.203. The summed E-state index contributed by atoms with van der Waals surface area (Å²) in [6, 6.07) is 23.3. The number of esters is 2. The number of ether oxygens (including phenoxy) is 2. The molecular weight excluding hydrogens is 617 g/mol. The van der Waals surface area contributed by atoms with Gasteiger partial charge in [0.15, 0.2) is 4.80 Å². The Hall–Kier alpha value is -5.35. The summed E-state index contributed by atoms with van der Waals surface area (Å²) in [6.45, 7) is 7.84. The van der Waals surface area contributed by atoms with Gasteiger partial charge in [-0.25, -0.2) is 19.0 Å². The Morgan fingerprint density at radius 2 is 1.57 bits per heavy atom. The molecule has 10 heteroatoms. The fourth-order valence-corrected chi connectivity index (χ4v) is 6.83. The largest absolute Gasteiger partial charge is 0.463 e. The number of aryl methyl sites for hydroxylation is 1. The highest BCUT2D eigenvalue weighted by Crippen LogP contribution is 2.35. The summed E-state index contributed by atoms with van der Waals surface area (Å²) in [5.74, 6) is -1.41. The predicted octanol–water partition coefficient (Wildman–Crippen LogP) is 5.66. The van der Waals surface area contributed by atoms with Gasteiger partial charge in [-0.2, -0.15) is 0 Å². The van der Waals surface area contributed by atoms with Crippen molar-refractivity contribution < 1.29 is 23.5 Å². The molecule has 0 saturated heterocycles. The lowest BCUT2D eigenvalue weighted by molar-refractivity contribution is -0.138. The first-order valence-corrected chi connectivity index (χ1v) is 16.0. The van der Waals surface area contributed by atoms with Gasteiger partial charge in [0.05, 0.1) is 40.6 Å². The second-order valence-electron chi connectivity index (χ2n) is 10.9. The van der Waals surface area contributed by atoms with Crippen LogP contribution < -0.4 is 14.9 Å². The Balaban J connectivity index is 1.52. The Morgan fingerprint density at radius 1 is 0.915 bits per heavy atom. The number of fused-ring (bicyclic) bond motifs is 1. The van der Waals surface area contributed by atoms with Gasteiger partial charge in [-0.1, -0.05) is 53.8 Å². The van der Waals surface area contributed by atoms with Crippen LogP contribution in [0.2, 0.25) is 0 Å². The fourth-order valence-electron chi connectivity index (χ4n) is 5.83.